The van der Waals surface area contributed by atoms with Crippen LogP contribution in [0.1, 0.15) is 16.1 Å². The van der Waals surface area contributed by atoms with Crippen molar-refractivity contribution in [2.75, 3.05) is 0 Å². The number of sulfonamides is 1. The van der Waals surface area contributed by atoms with Crippen LogP contribution in [0.5, 0.6) is 0 Å². The predicted octanol–water partition coefficient (Wildman–Crippen LogP) is 4.62. The first kappa shape index (κ1) is 17.6. The first-order valence-electron chi connectivity index (χ1n) is 7.13. The summed E-state index contributed by atoms with van der Waals surface area (Å²) in [4.78, 5) is 5.61. The monoisotopic (exact) mass is 398 g/mol. The summed E-state index contributed by atoms with van der Waals surface area (Å²) in [5, 5.41) is 3.21. The molecule has 1 N–H and O–H groups in total. The summed E-state index contributed by atoms with van der Waals surface area (Å²) < 4.78 is 27.8. The number of hydrogen-bond donors (Lipinski definition) is 1. The fraction of sp³-hybridized carbons (Fsp3) is 0.188. The molecule has 0 fully saturated rings. The Kier molecular flexibility index (Phi) is 5.08. The van der Waals surface area contributed by atoms with E-state index >= 15 is 0 Å². The number of benzene rings is 1. The molecule has 8 heteroatoms. The van der Waals surface area contributed by atoms with Crippen LogP contribution in [0.25, 0.3) is 10.6 Å². The molecule has 1 aromatic carbocycles. The molecule has 0 aliphatic heterocycles. The van der Waals surface area contributed by atoms with Crippen molar-refractivity contribution < 1.29 is 8.42 Å². The normalized spacial score (nSPS) is 11.8. The van der Waals surface area contributed by atoms with Gasteiger partial charge in [-0.05, 0) is 31.5 Å². The van der Waals surface area contributed by atoms with Crippen molar-refractivity contribution in [1.82, 2.24) is 9.71 Å². The second-order valence-electron chi connectivity index (χ2n) is 5.23. The lowest BCUT2D eigenvalue weighted by Crippen LogP contribution is -2.22. The maximum atomic E-state index is 12.5. The third-order valence-corrected chi connectivity index (χ3v) is 7.86. The van der Waals surface area contributed by atoms with E-state index in [1.165, 1.54) is 11.3 Å². The van der Waals surface area contributed by atoms with Crippen molar-refractivity contribution in [3.63, 3.8) is 0 Å². The Morgan fingerprint density at radius 3 is 2.67 bits per heavy atom. The lowest BCUT2D eigenvalue weighted by atomic mass is 10.2. The third kappa shape index (κ3) is 3.70. The number of thiophene rings is 1. The molecule has 0 amide bonds. The summed E-state index contributed by atoms with van der Waals surface area (Å²) in [6.07, 6.45) is 0. The highest BCUT2D eigenvalue weighted by Gasteiger charge is 2.19. The Labute approximate surface area is 154 Å². The Morgan fingerprint density at radius 2 is 2.00 bits per heavy atom. The Morgan fingerprint density at radius 1 is 1.25 bits per heavy atom. The lowest BCUT2D eigenvalue weighted by molar-refractivity contribution is 0.583. The average molecular weight is 399 g/mol. The Bertz CT molecular complexity index is 957. The standard InChI is InChI=1S/C16H15ClN2O2S3/c1-10-11(2)23-16(19-10)13-7-15(22-9-13)24(20,21)18-8-12-5-3-4-6-14(12)17/h3-7,9,18H,8H2,1-2H3. The van der Waals surface area contributed by atoms with Gasteiger partial charge >= 0.3 is 0 Å². The Hall–Kier alpha value is -1.25. The van der Waals surface area contributed by atoms with Gasteiger partial charge in [0.15, 0.2) is 0 Å². The van der Waals surface area contributed by atoms with Gasteiger partial charge in [-0.25, -0.2) is 18.1 Å². The van der Waals surface area contributed by atoms with Gasteiger partial charge < -0.3 is 0 Å². The summed E-state index contributed by atoms with van der Waals surface area (Å²) in [5.41, 5.74) is 2.55. The van der Waals surface area contributed by atoms with E-state index < -0.39 is 10.0 Å². The summed E-state index contributed by atoms with van der Waals surface area (Å²) >= 11 is 8.82. The molecular weight excluding hydrogens is 384 g/mol. The molecule has 0 radical (unpaired) electrons. The first-order valence-corrected chi connectivity index (χ1v) is 10.7. The van der Waals surface area contributed by atoms with E-state index in [4.69, 9.17) is 11.6 Å². The third-order valence-electron chi connectivity index (χ3n) is 3.53. The van der Waals surface area contributed by atoms with E-state index in [-0.39, 0.29) is 10.8 Å². The predicted molar refractivity (Wildman–Crippen MR) is 100 cm³/mol. The molecule has 3 rings (SSSR count). The Balaban J connectivity index is 1.79. The quantitative estimate of drug-likeness (QED) is 0.682. The van der Waals surface area contributed by atoms with Crippen molar-refractivity contribution in [2.24, 2.45) is 0 Å². The summed E-state index contributed by atoms with van der Waals surface area (Å²) in [6, 6.07) is 8.83. The van der Waals surface area contributed by atoms with Crippen LogP contribution in [0.3, 0.4) is 0 Å². The largest absolute Gasteiger partial charge is 0.250 e. The van der Waals surface area contributed by atoms with Crippen molar-refractivity contribution in [2.45, 2.75) is 24.6 Å². The molecule has 0 aliphatic rings. The molecule has 126 valence electrons. The minimum Gasteiger partial charge on any atom is -0.241 e. The van der Waals surface area contributed by atoms with Gasteiger partial charge in [0.1, 0.15) is 9.22 Å². The zero-order chi connectivity index (χ0) is 17.3. The molecule has 0 saturated heterocycles. The number of nitrogens with zero attached hydrogens (tertiary/aromatic N) is 1. The van der Waals surface area contributed by atoms with E-state index in [1.807, 2.05) is 31.4 Å². The average Bonchev–Trinajstić information content (AvgIpc) is 3.15. The molecule has 0 spiro atoms. The van der Waals surface area contributed by atoms with Gasteiger partial charge in [-0.3, -0.25) is 0 Å². The zero-order valence-corrected chi connectivity index (χ0v) is 16.2. The lowest BCUT2D eigenvalue weighted by Gasteiger charge is -2.06. The van der Waals surface area contributed by atoms with E-state index in [0.29, 0.717) is 5.02 Å². The molecule has 0 saturated carbocycles. The van der Waals surface area contributed by atoms with Crippen molar-refractivity contribution in [3.8, 4) is 10.6 Å². The SMILES string of the molecule is Cc1nc(-c2csc(S(=O)(=O)NCc3ccccc3Cl)c2)sc1C. The number of hydrogen-bond acceptors (Lipinski definition) is 5. The van der Waals surface area contributed by atoms with Crippen molar-refractivity contribution in [3.05, 3.63) is 56.9 Å². The van der Waals surface area contributed by atoms with E-state index in [9.17, 15) is 8.42 Å². The van der Waals surface area contributed by atoms with Gasteiger partial charge in [-0.15, -0.1) is 22.7 Å². The van der Waals surface area contributed by atoms with Gasteiger partial charge in [-0.1, -0.05) is 29.8 Å². The summed E-state index contributed by atoms with van der Waals surface area (Å²) in [5.74, 6) is 0. The van der Waals surface area contributed by atoms with Crippen LogP contribution in [0.4, 0.5) is 0 Å². The second-order valence-corrected chi connectivity index (χ2v) is 9.75. The number of aromatic nitrogens is 1. The van der Waals surface area contributed by atoms with Gasteiger partial charge in [0, 0.05) is 27.4 Å². The fourth-order valence-electron chi connectivity index (χ4n) is 2.05. The van der Waals surface area contributed by atoms with Gasteiger partial charge in [0.05, 0.1) is 5.69 Å². The molecule has 0 aliphatic carbocycles. The molecular formula is C16H15ClN2O2S3. The van der Waals surface area contributed by atoms with Crippen molar-refractivity contribution in [1.29, 1.82) is 0 Å². The molecule has 2 aromatic heterocycles. The highest BCUT2D eigenvalue weighted by molar-refractivity contribution is 7.91. The molecule has 0 unspecified atom stereocenters. The summed E-state index contributed by atoms with van der Waals surface area (Å²) in [7, 11) is -3.58. The van der Waals surface area contributed by atoms with E-state index in [0.717, 1.165) is 26.7 Å². The molecule has 0 bridgehead atoms. The molecule has 0 atom stereocenters. The minimum atomic E-state index is -3.58. The van der Waals surface area contributed by atoms with Crippen LogP contribution in [0.2, 0.25) is 5.02 Å². The van der Waals surface area contributed by atoms with Gasteiger partial charge in [0.25, 0.3) is 0 Å². The molecule has 2 heterocycles. The minimum absolute atomic E-state index is 0.157. The fourth-order valence-corrected chi connectivity index (χ4v) is 5.45. The van der Waals surface area contributed by atoms with Gasteiger partial charge in [-0.2, -0.15) is 0 Å². The topological polar surface area (TPSA) is 59.1 Å². The number of nitrogens with one attached hydrogen (secondary N) is 1. The highest BCUT2D eigenvalue weighted by atomic mass is 35.5. The smallest absolute Gasteiger partial charge is 0.241 e. The number of halogens is 1. The number of rotatable bonds is 5. The van der Waals surface area contributed by atoms with Crippen LogP contribution < -0.4 is 4.72 Å². The van der Waals surface area contributed by atoms with Crippen LogP contribution in [-0.2, 0) is 16.6 Å². The first-order chi connectivity index (χ1) is 11.4. The second kappa shape index (κ2) is 6.93. The maximum Gasteiger partial charge on any atom is 0.250 e. The molecule has 24 heavy (non-hydrogen) atoms. The number of thiazole rings is 1. The van der Waals surface area contributed by atoms with Crippen LogP contribution in [-0.4, -0.2) is 13.4 Å². The van der Waals surface area contributed by atoms with E-state index in [1.54, 1.807) is 29.5 Å². The van der Waals surface area contributed by atoms with Gasteiger partial charge in [0.2, 0.25) is 10.0 Å². The van der Waals surface area contributed by atoms with Crippen LogP contribution >= 0.6 is 34.3 Å². The van der Waals surface area contributed by atoms with Crippen LogP contribution in [0, 0.1) is 13.8 Å². The van der Waals surface area contributed by atoms with Crippen LogP contribution in [0.15, 0.2) is 39.9 Å². The molecule has 4 nitrogen and oxygen atoms in total. The molecule has 3 aromatic rings. The summed E-state index contributed by atoms with van der Waals surface area (Å²) in [6.45, 7) is 4.11. The van der Waals surface area contributed by atoms with E-state index in [2.05, 4.69) is 9.71 Å². The zero-order valence-electron chi connectivity index (χ0n) is 13.0. The highest BCUT2D eigenvalue weighted by Crippen LogP contribution is 2.32. The van der Waals surface area contributed by atoms with Crippen molar-refractivity contribution >= 4 is 44.3 Å². The maximum absolute atomic E-state index is 12.5. The number of aryl methyl sites for hydroxylation is 2.